The molecule has 0 amide bonds. The zero-order chi connectivity index (χ0) is 23.4. The van der Waals surface area contributed by atoms with Crippen LogP contribution in [-0.4, -0.2) is 12.1 Å². The van der Waals surface area contributed by atoms with Crippen molar-refractivity contribution in [3.8, 4) is 0 Å². The number of ketones is 1. The average molecular weight is 451 g/mol. The Kier molecular flexibility index (Phi) is 27.8. The van der Waals surface area contributed by atoms with E-state index in [4.69, 9.17) is 0 Å². The first-order chi connectivity index (χ1) is 15.8. The summed E-state index contributed by atoms with van der Waals surface area (Å²) in [5, 5.41) is 0. The van der Waals surface area contributed by atoms with Crippen LogP contribution in [0.25, 0.3) is 0 Å². The summed E-state index contributed by atoms with van der Waals surface area (Å²) in [4.78, 5) is 21.5. The second-order valence-corrected chi connectivity index (χ2v) is 10.1. The maximum atomic E-state index is 11.2. The Hall–Kier alpha value is -0.660. The summed E-state index contributed by atoms with van der Waals surface area (Å²) < 4.78 is 0. The molecular formula is C30H58O2. The molecule has 0 unspecified atom stereocenters. The van der Waals surface area contributed by atoms with Crippen LogP contribution in [0.15, 0.2) is 0 Å². The molecule has 2 heteroatoms. The summed E-state index contributed by atoms with van der Waals surface area (Å²) in [6.07, 6.45) is 36.3. The van der Waals surface area contributed by atoms with Gasteiger partial charge in [0, 0.05) is 6.42 Å². The molecule has 0 heterocycles. The van der Waals surface area contributed by atoms with E-state index in [1.54, 1.807) is 0 Å². The third-order valence-corrected chi connectivity index (χ3v) is 6.87. The van der Waals surface area contributed by atoms with Gasteiger partial charge in [-0.1, -0.05) is 161 Å². The van der Waals surface area contributed by atoms with Gasteiger partial charge in [-0.25, -0.2) is 0 Å². The summed E-state index contributed by atoms with van der Waals surface area (Å²) in [6.45, 7) is 2.29. The first-order valence-electron chi connectivity index (χ1n) is 14.8. The zero-order valence-corrected chi connectivity index (χ0v) is 22.0. The molecule has 0 atom stereocenters. The van der Waals surface area contributed by atoms with Crippen molar-refractivity contribution in [2.45, 2.75) is 180 Å². The topological polar surface area (TPSA) is 34.1 Å². The fourth-order valence-electron chi connectivity index (χ4n) is 4.66. The lowest BCUT2D eigenvalue weighted by Crippen LogP contribution is -1.97. The second kappa shape index (κ2) is 28.4. The van der Waals surface area contributed by atoms with E-state index in [2.05, 4.69) is 6.92 Å². The Morgan fingerprint density at radius 3 is 0.938 bits per heavy atom. The minimum atomic E-state index is 0.106. The van der Waals surface area contributed by atoms with Gasteiger partial charge < -0.3 is 4.79 Å². The second-order valence-electron chi connectivity index (χ2n) is 10.1. The molecule has 0 aromatic heterocycles. The van der Waals surface area contributed by atoms with Crippen molar-refractivity contribution in [2.24, 2.45) is 0 Å². The van der Waals surface area contributed by atoms with Crippen LogP contribution in [0.1, 0.15) is 180 Å². The van der Waals surface area contributed by atoms with Crippen molar-refractivity contribution in [1.82, 2.24) is 0 Å². The van der Waals surface area contributed by atoms with E-state index in [0.717, 1.165) is 19.1 Å². The van der Waals surface area contributed by atoms with E-state index < -0.39 is 0 Å². The molecule has 190 valence electrons. The molecule has 0 aliphatic carbocycles. The van der Waals surface area contributed by atoms with Gasteiger partial charge in [0.05, 0.1) is 6.42 Å². The molecule has 2 nitrogen and oxygen atoms in total. The standard InChI is InChI=1S/C30H58O2/c1-2-3-4-5-6-7-8-9-10-11-12-13-14-15-16-17-18-19-20-21-22-23-24-25-26-27-30(32)28-29-31/h29H,2-28H2,1H3. The Morgan fingerprint density at radius 1 is 0.438 bits per heavy atom. The monoisotopic (exact) mass is 450 g/mol. The van der Waals surface area contributed by atoms with Crippen molar-refractivity contribution >= 4 is 12.1 Å². The first kappa shape index (κ1) is 31.3. The highest BCUT2D eigenvalue weighted by molar-refractivity contribution is 5.89. The number of carbonyl (C=O) groups is 2. The summed E-state index contributed by atoms with van der Waals surface area (Å²) >= 11 is 0. The average Bonchev–Trinajstić information content (AvgIpc) is 2.79. The number of hydrogen-bond acceptors (Lipinski definition) is 2. The maximum absolute atomic E-state index is 11.2. The van der Waals surface area contributed by atoms with Crippen LogP contribution >= 0.6 is 0 Å². The quantitative estimate of drug-likeness (QED) is 0.0674. The summed E-state index contributed by atoms with van der Waals surface area (Å²) in [5.41, 5.74) is 0. The third-order valence-electron chi connectivity index (χ3n) is 6.87. The molecule has 0 N–H and O–H groups in total. The Morgan fingerprint density at radius 2 is 0.688 bits per heavy atom. The molecule has 0 saturated heterocycles. The van der Waals surface area contributed by atoms with E-state index in [9.17, 15) is 9.59 Å². The molecule has 0 fully saturated rings. The number of carbonyl (C=O) groups excluding carboxylic acids is 2. The van der Waals surface area contributed by atoms with E-state index in [-0.39, 0.29) is 12.2 Å². The molecule has 0 aromatic rings. The van der Waals surface area contributed by atoms with Crippen molar-refractivity contribution < 1.29 is 9.59 Å². The Balaban J connectivity index is 3.04. The molecule has 32 heavy (non-hydrogen) atoms. The summed E-state index contributed by atoms with van der Waals surface area (Å²) in [5.74, 6) is 0.106. The zero-order valence-electron chi connectivity index (χ0n) is 22.0. The number of Topliss-reactive ketones (excluding diaryl/α,β-unsaturated/α-hetero) is 1. The van der Waals surface area contributed by atoms with Crippen LogP contribution in [0.5, 0.6) is 0 Å². The van der Waals surface area contributed by atoms with Crippen molar-refractivity contribution in [2.75, 3.05) is 0 Å². The number of aldehydes is 1. The van der Waals surface area contributed by atoms with E-state index >= 15 is 0 Å². The highest BCUT2D eigenvalue weighted by atomic mass is 16.1. The SMILES string of the molecule is CCCCCCCCCCCCCCCCCCCCCCCCCCCC(=O)CC=O. The lowest BCUT2D eigenvalue weighted by molar-refractivity contribution is -0.122. The van der Waals surface area contributed by atoms with Gasteiger partial charge in [0.1, 0.15) is 12.1 Å². The van der Waals surface area contributed by atoms with Crippen molar-refractivity contribution in [3.63, 3.8) is 0 Å². The van der Waals surface area contributed by atoms with Crippen LogP contribution in [0, 0.1) is 0 Å². The molecule has 0 aliphatic rings. The molecule has 0 aliphatic heterocycles. The maximum Gasteiger partial charge on any atom is 0.139 e. The molecule has 0 bridgehead atoms. The lowest BCUT2D eigenvalue weighted by Gasteiger charge is -2.04. The molecule has 0 spiro atoms. The van der Waals surface area contributed by atoms with Gasteiger partial charge in [0.25, 0.3) is 0 Å². The minimum Gasteiger partial charge on any atom is -0.303 e. The third kappa shape index (κ3) is 27.4. The Bertz CT molecular complexity index is 377. The fraction of sp³-hybridized carbons (Fsp3) is 0.933. The summed E-state index contributed by atoms with van der Waals surface area (Å²) in [7, 11) is 0. The van der Waals surface area contributed by atoms with E-state index in [0.29, 0.717) is 6.42 Å². The molecule has 0 aromatic carbocycles. The van der Waals surface area contributed by atoms with Gasteiger partial charge in [-0.2, -0.15) is 0 Å². The van der Waals surface area contributed by atoms with Gasteiger partial charge in [0.2, 0.25) is 0 Å². The highest BCUT2D eigenvalue weighted by Crippen LogP contribution is 2.16. The highest BCUT2D eigenvalue weighted by Gasteiger charge is 2.00. The summed E-state index contributed by atoms with van der Waals surface area (Å²) in [6, 6.07) is 0. The van der Waals surface area contributed by atoms with Gasteiger partial charge in [0.15, 0.2) is 0 Å². The number of rotatable bonds is 28. The molecule has 0 rings (SSSR count). The molecule has 0 radical (unpaired) electrons. The van der Waals surface area contributed by atoms with Crippen LogP contribution in [0.2, 0.25) is 0 Å². The van der Waals surface area contributed by atoms with E-state index in [1.165, 1.54) is 148 Å². The first-order valence-corrected chi connectivity index (χ1v) is 14.8. The van der Waals surface area contributed by atoms with Crippen LogP contribution in [0.4, 0.5) is 0 Å². The van der Waals surface area contributed by atoms with Crippen LogP contribution < -0.4 is 0 Å². The molecular weight excluding hydrogens is 392 g/mol. The number of hydrogen-bond donors (Lipinski definition) is 0. The predicted octanol–water partition coefficient (Wildman–Crippen LogP) is 10.3. The number of unbranched alkanes of at least 4 members (excludes halogenated alkanes) is 24. The van der Waals surface area contributed by atoms with Gasteiger partial charge >= 0.3 is 0 Å². The van der Waals surface area contributed by atoms with Crippen molar-refractivity contribution in [1.29, 1.82) is 0 Å². The van der Waals surface area contributed by atoms with Crippen LogP contribution in [-0.2, 0) is 9.59 Å². The smallest absolute Gasteiger partial charge is 0.139 e. The van der Waals surface area contributed by atoms with Gasteiger partial charge in [-0.15, -0.1) is 0 Å². The Labute approximate surface area is 202 Å². The van der Waals surface area contributed by atoms with Gasteiger partial charge in [-0.05, 0) is 6.42 Å². The van der Waals surface area contributed by atoms with Gasteiger partial charge in [-0.3, -0.25) is 4.79 Å². The predicted molar refractivity (Wildman–Crippen MR) is 141 cm³/mol. The fourth-order valence-corrected chi connectivity index (χ4v) is 4.66. The lowest BCUT2D eigenvalue weighted by atomic mass is 10.0. The van der Waals surface area contributed by atoms with E-state index in [1.807, 2.05) is 0 Å². The van der Waals surface area contributed by atoms with Crippen molar-refractivity contribution in [3.05, 3.63) is 0 Å². The largest absolute Gasteiger partial charge is 0.303 e. The minimum absolute atomic E-state index is 0.106. The normalized spacial score (nSPS) is 11.2. The van der Waals surface area contributed by atoms with Crippen LogP contribution in [0.3, 0.4) is 0 Å². The molecule has 0 saturated carbocycles.